The Labute approximate surface area is 85.3 Å². The van der Waals surface area contributed by atoms with Gasteiger partial charge in [-0.1, -0.05) is 0 Å². The van der Waals surface area contributed by atoms with Crippen LogP contribution < -0.4 is 10.5 Å². The first-order chi connectivity index (χ1) is 7.15. The fraction of sp³-hybridized carbons (Fsp3) is 0.333. The molecule has 0 aromatic carbocycles. The Morgan fingerprint density at radius 3 is 2.73 bits per heavy atom. The van der Waals surface area contributed by atoms with Crippen LogP contribution in [0.5, 0.6) is 5.75 Å². The van der Waals surface area contributed by atoms with Gasteiger partial charge >= 0.3 is 0 Å². The number of nitrogens with two attached hydrogens (primary N) is 1. The minimum atomic E-state index is -2.75. The zero-order valence-electron chi connectivity index (χ0n) is 8.00. The number of nitriles is 1. The first-order valence-corrected chi connectivity index (χ1v) is 4.09. The van der Waals surface area contributed by atoms with E-state index in [-0.39, 0.29) is 23.4 Å². The van der Waals surface area contributed by atoms with Crippen molar-refractivity contribution in [3.63, 3.8) is 0 Å². The molecule has 0 saturated carbocycles. The summed E-state index contributed by atoms with van der Waals surface area (Å²) >= 11 is 0. The molecule has 0 fully saturated rings. The normalized spacial score (nSPS) is 10.1. The third-order valence-electron chi connectivity index (χ3n) is 1.90. The molecule has 0 bridgehead atoms. The third-order valence-corrected chi connectivity index (χ3v) is 1.90. The lowest BCUT2D eigenvalue weighted by atomic mass is 10.1. The van der Waals surface area contributed by atoms with Crippen molar-refractivity contribution in [2.24, 2.45) is 5.73 Å². The molecule has 0 saturated heterocycles. The van der Waals surface area contributed by atoms with Crippen molar-refractivity contribution < 1.29 is 13.5 Å². The van der Waals surface area contributed by atoms with Crippen LogP contribution in [-0.2, 0) is 6.54 Å². The van der Waals surface area contributed by atoms with Crippen LogP contribution in [0.2, 0.25) is 0 Å². The Kier molecular flexibility index (Phi) is 3.52. The van der Waals surface area contributed by atoms with Gasteiger partial charge in [-0.15, -0.1) is 0 Å². The smallest absolute Gasteiger partial charge is 0.284 e. The Morgan fingerprint density at radius 1 is 1.67 bits per heavy atom. The van der Waals surface area contributed by atoms with Gasteiger partial charge < -0.3 is 10.5 Å². The van der Waals surface area contributed by atoms with E-state index in [0.29, 0.717) is 0 Å². The van der Waals surface area contributed by atoms with Gasteiger partial charge in [-0.05, 0) is 0 Å². The van der Waals surface area contributed by atoms with Gasteiger partial charge in [0.1, 0.15) is 11.8 Å². The highest BCUT2D eigenvalue weighted by molar-refractivity contribution is 5.48. The second kappa shape index (κ2) is 4.66. The molecule has 1 aromatic rings. The number of alkyl halides is 2. The highest BCUT2D eigenvalue weighted by atomic mass is 19.3. The van der Waals surface area contributed by atoms with Gasteiger partial charge in [-0.2, -0.15) is 5.26 Å². The molecule has 1 rings (SSSR count). The number of hydrogen-bond acceptors (Lipinski definition) is 4. The first kappa shape index (κ1) is 11.3. The number of pyridine rings is 1. The molecule has 2 N–H and O–H groups in total. The zero-order valence-corrected chi connectivity index (χ0v) is 8.00. The van der Waals surface area contributed by atoms with Crippen molar-refractivity contribution in [1.82, 2.24) is 4.98 Å². The summed E-state index contributed by atoms with van der Waals surface area (Å²) in [5.41, 5.74) is 5.29. The van der Waals surface area contributed by atoms with Crippen LogP contribution in [0.3, 0.4) is 0 Å². The van der Waals surface area contributed by atoms with Crippen molar-refractivity contribution in [2.75, 3.05) is 7.11 Å². The van der Waals surface area contributed by atoms with Crippen molar-refractivity contribution in [3.05, 3.63) is 23.0 Å². The van der Waals surface area contributed by atoms with Crippen molar-refractivity contribution in [2.45, 2.75) is 13.0 Å². The lowest BCUT2D eigenvalue weighted by Gasteiger charge is -2.11. The SMILES string of the molecule is COc1c(C(F)F)ncc(C#N)c1CN. The molecule has 1 heterocycles. The maximum Gasteiger partial charge on any atom is 0.284 e. The van der Waals surface area contributed by atoms with Gasteiger partial charge in [0, 0.05) is 18.3 Å². The van der Waals surface area contributed by atoms with E-state index in [0.717, 1.165) is 6.20 Å². The number of ether oxygens (including phenoxy) is 1. The van der Waals surface area contributed by atoms with Gasteiger partial charge in [-0.3, -0.25) is 0 Å². The Morgan fingerprint density at radius 2 is 2.33 bits per heavy atom. The minimum absolute atomic E-state index is 0.0473. The largest absolute Gasteiger partial charge is 0.494 e. The van der Waals surface area contributed by atoms with Crippen LogP contribution in [0.25, 0.3) is 0 Å². The van der Waals surface area contributed by atoms with E-state index < -0.39 is 12.1 Å². The van der Waals surface area contributed by atoms with Crippen molar-refractivity contribution >= 4 is 0 Å². The summed E-state index contributed by atoms with van der Waals surface area (Å²) in [4.78, 5) is 3.48. The molecule has 0 aliphatic heterocycles. The van der Waals surface area contributed by atoms with Crippen LogP contribution in [-0.4, -0.2) is 12.1 Å². The second-order valence-electron chi connectivity index (χ2n) is 2.69. The zero-order chi connectivity index (χ0) is 11.4. The fourth-order valence-corrected chi connectivity index (χ4v) is 1.23. The predicted molar refractivity (Wildman–Crippen MR) is 48.4 cm³/mol. The maximum atomic E-state index is 12.5. The number of aromatic nitrogens is 1. The summed E-state index contributed by atoms with van der Waals surface area (Å²) in [5, 5.41) is 8.71. The molecule has 1 aromatic heterocycles. The molecule has 15 heavy (non-hydrogen) atoms. The van der Waals surface area contributed by atoms with Gasteiger partial charge in [0.2, 0.25) is 0 Å². The molecule has 80 valence electrons. The molecule has 4 nitrogen and oxygen atoms in total. The summed E-state index contributed by atoms with van der Waals surface area (Å²) < 4.78 is 29.8. The average molecular weight is 213 g/mol. The highest BCUT2D eigenvalue weighted by Gasteiger charge is 2.20. The quantitative estimate of drug-likeness (QED) is 0.822. The molecule has 0 aliphatic rings. The maximum absolute atomic E-state index is 12.5. The monoisotopic (exact) mass is 213 g/mol. The summed E-state index contributed by atoms with van der Waals surface area (Å²) in [7, 11) is 1.24. The van der Waals surface area contributed by atoms with E-state index in [1.165, 1.54) is 7.11 Å². The average Bonchev–Trinajstić information content (AvgIpc) is 2.26. The highest BCUT2D eigenvalue weighted by Crippen LogP contribution is 2.31. The number of methoxy groups -OCH3 is 1. The molecule has 0 unspecified atom stereocenters. The number of rotatable bonds is 3. The number of hydrogen-bond donors (Lipinski definition) is 1. The van der Waals surface area contributed by atoms with Crippen LogP contribution in [0, 0.1) is 11.3 Å². The van der Waals surface area contributed by atoms with E-state index in [4.69, 9.17) is 15.7 Å². The van der Waals surface area contributed by atoms with Gasteiger partial charge in [0.05, 0.1) is 12.7 Å². The summed E-state index contributed by atoms with van der Waals surface area (Å²) in [5.74, 6) is -0.105. The van der Waals surface area contributed by atoms with Crippen LogP contribution in [0.15, 0.2) is 6.20 Å². The Bertz CT molecular complexity index is 401. The molecule has 0 aliphatic carbocycles. The van der Waals surface area contributed by atoms with E-state index in [9.17, 15) is 8.78 Å². The van der Waals surface area contributed by atoms with Gasteiger partial charge in [-0.25, -0.2) is 13.8 Å². The molecule has 0 radical (unpaired) electrons. The minimum Gasteiger partial charge on any atom is -0.494 e. The predicted octanol–water partition coefficient (Wildman–Crippen LogP) is 1.36. The Balaban J connectivity index is 3.42. The van der Waals surface area contributed by atoms with E-state index in [1.807, 2.05) is 6.07 Å². The first-order valence-electron chi connectivity index (χ1n) is 4.09. The third kappa shape index (κ3) is 2.02. The lowest BCUT2D eigenvalue weighted by molar-refractivity contribution is 0.141. The summed E-state index contributed by atoms with van der Waals surface area (Å²) in [6, 6.07) is 1.82. The molecular formula is C9H9F2N3O. The van der Waals surface area contributed by atoms with Gasteiger partial charge in [0.15, 0.2) is 5.75 Å². The lowest BCUT2D eigenvalue weighted by Crippen LogP contribution is -2.07. The molecule has 0 atom stereocenters. The number of halogens is 2. The summed E-state index contributed by atoms with van der Waals surface area (Å²) in [6.45, 7) is -0.0473. The van der Waals surface area contributed by atoms with Crippen LogP contribution >= 0.6 is 0 Å². The van der Waals surface area contributed by atoms with Gasteiger partial charge in [0.25, 0.3) is 6.43 Å². The molecular weight excluding hydrogens is 204 g/mol. The molecule has 6 heteroatoms. The van der Waals surface area contributed by atoms with Crippen molar-refractivity contribution in [3.8, 4) is 11.8 Å². The van der Waals surface area contributed by atoms with E-state index >= 15 is 0 Å². The van der Waals surface area contributed by atoms with E-state index in [2.05, 4.69) is 4.98 Å². The second-order valence-corrected chi connectivity index (χ2v) is 2.69. The van der Waals surface area contributed by atoms with Crippen molar-refractivity contribution in [1.29, 1.82) is 5.26 Å². The fourth-order valence-electron chi connectivity index (χ4n) is 1.23. The topological polar surface area (TPSA) is 71.9 Å². The van der Waals surface area contributed by atoms with E-state index in [1.54, 1.807) is 0 Å². The summed E-state index contributed by atoms with van der Waals surface area (Å²) in [6.07, 6.45) is -1.68. The van der Waals surface area contributed by atoms with Crippen LogP contribution in [0.4, 0.5) is 8.78 Å². The number of nitrogens with zero attached hydrogens (tertiary/aromatic N) is 2. The standard InChI is InChI=1S/C9H9F2N3O/c1-15-8-6(3-13)5(2-12)4-14-7(8)9(10)11/h4,9H,3,13H2,1H3. The molecule has 0 spiro atoms. The molecule has 0 amide bonds. The van der Waals surface area contributed by atoms with Crippen LogP contribution in [0.1, 0.15) is 23.2 Å². The Hall–Kier alpha value is -1.74.